The van der Waals surface area contributed by atoms with E-state index in [0.29, 0.717) is 26.4 Å². The molecule has 0 unspecified atom stereocenters. The summed E-state index contributed by atoms with van der Waals surface area (Å²) >= 11 is 1.12. The number of benzene rings is 2. The number of alkyl halides is 3. The molecule has 0 aliphatic carbocycles. The molecule has 2 aromatic carbocycles. The summed E-state index contributed by atoms with van der Waals surface area (Å²) in [6, 6.07) is 7.92. The van der Waals surface area contributed by atoms with Crippen molar-refractivity contribution in [2.45, 2.75) is 13.1 Å². The quantitative estimate of drug-likeness (QED) is 0.477. The molecule has 0 aliphatic rings. The van der Waals surface area contributed by atoms with Crippen LogP contribution in [-0.4, -0.2) is 9.91 Å². The molecular weight excluding hydrogens is 329 g/mol. The second-order valence-electron chi connectivity index (χ2n) is 4.96. The fourth-order valence-corrected chi connectivity index (χ4v) is 3.22. The maximum Gasteiger partial charge on any atom is 0.416 e. The molecule has 0 saturated heterocycles. The first-order valence-corrected chi connectivity index (χ1v) is 7.30. The van der Waals surface area contributed by atoms with Crippen LogP contribution < -0.4 is 0 Å². The molecule has 0 aliphatic heterocycles. The van der Waals surface area contributed by atoms with E-state index in [-0.39, 0.29) is 5.69 Å². The number of hydrogen-bond acceptors (Lipinski definition) is 4. The van der Waals surface area contributed by atoms with Crippen molar-refractivity contribution >= 4 is 27.2 Å². The van der Waals surface area contributed by atoms with Crippen LogP contribution in [0.2, 0.25) is 0 Å². The van der Waals surface area contributed by atoms with Crippen molar-refractivity contribution in [2.24, 2.45) is 0 Å². The van der Waals surface area contributed by atoms with Crippen molar-refractivity contribution < 1.29 is 18.1 Å². The highest BCUT2D eigenvalue weighted by molar-refractivity contribution is 7.21. The Hall–Kier alpha value is -2.48. The van der Waals surface area contributed by atoms with Crippen molar-refractivity contribution in [2.75, 3.05) is 0 Å². The molecule has 3 rings (SSSR count). The Morgan fingerprint density at radius 2 is 1.91 bits per heavy atom. The first-order chi connectivity index (χ1) is 10.8. The second-order valence-corrected chi connectivity index (χ2v) is 5.99. The van der Waals surface area contributed by atoms with Gasteiger partial charge in [0.1, 0.15) is 5.01 Å². The van der Waals surface area contributed by atoms with E-state index in [2.05, 4.69) is 4.98 Å². The number of aryl methyl sites for hydroxylation is 1. The zero-order valence-corrected chi connectivity index (χ0v) is 12.5. The zero-order valence-electron chi connectivity index (χ0n) is 11.7. The SMILES string of the molecule is Cc1cc(-c2nc3ccc(C(F)(F)F)cc3s2)ccc1[N+](=O)[O-]. The Bertz CT molecular complexity index is 919. The average molecular weight is 338 g/mol. The first kappa shape index (κ1) is 15.4. The third-order valence-electron chi connectivity index (χ3n) is 3.36. The highest BCUT2D eigenvalue weighted by Gasteiger charge is 2.30. The third-order valence-corrected chi connectivity index (χ3v) is 4.42. The fraction of sp³-hybridized carbons (Fsp3) is 0.133. The summed E-state index contributed by atoms with van der Waals surface area (Å²) in [7, 11) is 0. The number of nitro benzene ring substituents is 1. The summed E-state index contributed by atoms with van der Waals surface area (Å²) < 4.78 is 38.6. The summed E-state index contributed by atoms with van der Waals surface area (Å²) in [5, 5.41) is 11.4. The minimum atomic E-state index is -4.40. The minimum absolute atomic E-state index is 0.00535. The Morgan fingerprint density at radius 3 is 2.52 bits per heavy atom. The Balaban J connectivity index is 2.07. The zero-order chi connectivity index (χ0) is 16.8. The molecule has 3 aromatic rings. The highest BCUT2D eigenvalue weighted by Crippen LogP contribution is 2.36. The number of nitro groups is 1. The molecule has 0 atom stereocenters. The molecule has 1 aromatic heterocycles. The van der Waals surface area contributed by atoms with Gasteiger partial charge in [-0.3, -0.25) is 10.1 Å². The van der Waals surface area contributed by atoms with Gasteiger partial charge in [-0.15, -0.1) is 11.3 Å². The molecule has 0 saturated carbocycles. The van der Waals surface area contributed by atoms with Crippen LogP contribution in [0.3, 0.4) is 0 Å². The Labute approximate surface area is 132 Å². The van der Waals surface area contributed by atoms with E-state index in [1.807, 2.05) is 0 Å². The van der Waals surface area contributed by atoms with Gasteiger partial charge in [-0.05, 0) is 37.3 Å². The van der Waals surface area contributed by atoms with Crippen LogP contribution in [-0.2, 0) is 6.18 Å². The van der Waals surface area contributed by atoms with Crippen LogP contribution in [0.4, 0.5) is 18.9 Å². The van der Waals surface area contributed by atoms with E-state index in [4.69, 9.17) is 0 Å². The summed E-state index contributed by atoms with van der Waals surface area (Å²) in [6.07, 6.45) is -4.40. The summed E-state index contributed by atoms with van der Waals surface area (Å²) in [4.78, 5) is 14.7. The number of thiazole rings is 1. The van der Waals surface area contributed by atoms with Gasteiger partial charge in [-0.25, -0.2) is 4.98 Å². The van der Waals surface area contributed by atoms with Crippen LogP contribution in [0.15, 0.2) is 36.4 Å². The number of fused-ring (bicyclic) bond motifs is 1. The topological polar surface area (TPSA) is 56.0 Å². The van der Waals surface area contributed by atoms with E-state index in [1.165, 1.54) is 12.1 Å². The molecule has 23 heavy (non-hydrogen) atoms. The number of aromatic nitrogens is 1. The lowest BCUT2D eigenvalue weighted by Gasteiger charge is -2.04. The monoisotopic (exact) mass is 338 g/mol. The molecular formula is C15H9F3N2O2S. The van der Waals surface area contributed by atoms with Crippen molar-refractivity contribution in [3.05, 3.63) is 57.6 Å². The maximum atomic E-state index is 12.7. The van der Waals surface area contributed by atoms with Gasteiger partial charge >= 0.3 is 6.18 Å². The molecule has 1 heterocycles. The standard InChI is InChI=1S/C15H9F3N2O2S/c1-8-6-9(2-5-12(8)20(21)22)14-19-11-4-3-10(15(16,17)18)7-13(11)23-14/h2-7H,1H3. The van der Waals surface area contributed by atoms with Crippen LogP contribution in [0.1, 0.15) is 11.1 Å². The van der Waals surface area contributed by atoms with E-state index in [1.54, 1.807) is 19.1 Å². The van der Waals surface area contributed by atoms with Gasteiger partial charge in [0.15, 0.2) is 0 Å². The number of halogens is 3. The molecule has 118 valence electrons. The number of hydrogen-bond donors (Lipinski definition) is 0. The summed E-state index contributed by atoms with van der Waals surface area (Å²) in [6.45, 7) is 1.61. The lowest BCUT2D eigenvalue weighted by molar-refractivity contribution is -0.385. The molecule has 0 N–H and O–H groups in total. The summed E-state index contributed by atoms with van der Waals surface area (Å²) in [5.74, 6) is 0. The van der Waals surface area contributed by atoms with Crippen molar-refractivity contribution in [1.29, 1.82) is 0 Å². The van der Waals surface area contributed by atoms with Gasteiger partial charge in [0.05, 0.1) is 20.7 Å². The van der Waals surface area contributed by atoms with Crippen molar-refractivity contribution in [3.8, 4) is 10.6 Å². The number of rotatable bonds is 2. The van der Waals surface area contributed by atoms with Gasteiger partial charge in [0.25, 0.3) is 5.69 Å². The Kier molecular flexibility index (Phi) is 3.56. The van der Waals surface area contributed by atoms with Crippen LogP contribution in [0.5, 0.6) is 0 Å². The number of nitrogens with zero attached hydrogens (tertiary/aromatic N) is 2. The highest BCUT2D eigenvalue weighted by atomic mass is 32.1. The molecule has 8 heteroatoms. The van der Waals surface area contributed by atoms with Gasteiger partial charge in [-0.2, -0.15) is 13.2 Å². The third kappa shape index (κ3) is 2.89. The predicted molar refractivity (Wildman–Crippen MR) is 81.4 cm³/mol. The molecule has 4 nitrogen and oxygen atoms in total. The first-order valence-electron chi connectivity index (χ1n) is 6.49. The lowest BCUT2D eigenvalue weighted by atomic mass is 10.1. The van der Waals surface area contributed by atoms with Gasteiger partial charge < -0.3 is 0 Å². The second kappa shape index (κ2) is 5.31. The maximum absolute atomic E-state index is 12.7. The molecule has 0 bridgehead atoms. The van der Waals surface area contributed by atoms with Gasteiger partial charge in [-0.1, -0.05) is 0 Å². The normalized spacial score (nSPS) is 11.8. The molecule has 0 amide bonds. The van der Waals surface area contributed by atoms with E-state index >= 15 is 0 Å². The van der Waals surface area contributed by atoms with Crippen molar-refractivity contribution in [3.63, 3.8) is 0 Å². The van der Waals surface area contributed by atoms with E-state index < -0.39 is 16.7 Å². The lowest BCUT2D eigenvalue weighted by Crippen LogP contribution is -2.03. The minimum Gasteiger partial charge on any atom is -0.258 e. The molecule has 0 fully saturated rings. The molecule has 0 spiro atoms. The van der Waals surface area contributed by atoms with Crippen LogP contribution in [0.25, 0.3) is 20.8 Å². The summed E-state index contributed by atoms with van der Waals surface area (Å²) in [5.41, 5.74) is 0.855. The fourth-order valence-electron chi connectivity index (χ4n) is 2.22. The van der Waals surface area contributed by atoms with E-state index in [9.17, 15) is 23.3 Å². The van der Waals surface area contributed by atoms with Gasteiger partial charge in [0, 0.05) is 17.2 Å². The Morgan fingerprint density at radius 1 is 1.17 bits per heavy atom. The van der Waals surface area contributed by atoms with Crippen LogP contribution >= 0.6 is 11.3 Å². The largest absolute Gasteiger partial charge is 0.416 e. The smallest absolute Gasteiger partial charge is 0.258 e. The van der Waals surface area contributed by atoms with Gasteiger partial charge in [0.2, 0.25) is 0 Å². The molecule has 0 radical (unpaired) electrons. The average Bonchev–Trinajstić information content (AvgIpc) is 2.88. The van der Waals surface area contributed by atoms with Crippen molar-refractivity contribution in [1.82, 2.24) is 4.98 Å². The predicted octanol–water partition coefficient (Wildman–Crippen LogP) is 5.20. The van der Waals surface area contributed by atoms with E-state index in [0.717, 1.165) is 23.5 Å². The van der Waals surface area contributed by atoms with Crippen LogP contribution in [0, 0.1) is 17.0 Å².